The Morgan fingerprint density at radius 1 is 1.15 bits per heavy atom. The number of carbonyl (C=O) groups excluding carboxylic acids is 1. The summed E-state index contributed by atoms with van der Waals surface area (Å²) < 4.78 is 0. The zero-order valence-electron chi connectivity index (χ0n) is 18.4. The zero-order chi connectivity index (χ0) is 23.4. The van der Waals surface area contributed by atoms with Crippen molar-refractivity contribution in [2.45, 2.75) is 57.4 Å². The Morgan fingerprint density at radius 3 is 2.70 bits per heavy atom. The maximum atomic E-state index is 12.6. The molecule has 33 heavy (non-hydrogen) atoms. The number of pyridine rings is 1. The number of hydrogen-bond donors (Lipinski definition) is 3. The molecule has 8 heteroatoms. The number of aliphatic carboxylic acids is 1. The van der Waals surface area contributed by atoms with Gasteiger partial charge in [0, 0.05) is 12.2 Å². The van der Waals surface area contributed by atoms with E-state index in [0.29, 0.717) is 18.3 Å². The van der Waals surface area contributed by atoms with Gasteiger partial charge in [0.25, 0.3) is 5.91 Å². The molecule has 3 N–H and O–H groups in total. The van der Waals surface area contributed by atoms with E-state index in [1.165, 1.54) is 5.56 Å². The molecular weight excluding hydrogens is 461 g/mol. The summed E-state index contributed by atoms with van der Waals surface area (Å²) in [6, 6.07) is 8.14. The third-order valence-corrected chi connectivity index (χ3v) is 7.24. The van der Waals surface area contributed by atoms with E-state index in [-0.39, 0.29) is 15.6 Å². The largest absolute Gasteiger partial charge is 0.480 e. The molecule has 2 aliphatic rings. The first-order chi connectivity index (χ1) is 15.9. The molecule has 176 valence electrons. The molecule has 2 heterocycles. The Hall–Kier alpha value is -2.31. The second-order valence-electron chi connectivity index (χ2n) is 9.04. The standard InChI is InChI=1S/C25H29Cl2N3O3/c26-19-8-3-9-20(27)22(19)24(31)30-21(25(32)33)14-17-13-16(17)5-1-2-7-18-11-10-15-6-4-12-28-23(15)29-18/h3,8-11,16-17,21H,1-2,4-7,12-14H2,(H,28,29)(H,30,31)(H,32,33)/t16?,17?,21-/m0/s1. The number of benzene rings is 1. The maximum Gasteiger partial charge on any atom is 0.326 e. The normalized spacial score (nSPS) is 19.8. The van der Waals surface area contributed by atoms with Crippen LogP contribution in [0.25, 0.3) is 0 Å². The first kappa shape index (κ1) is 23.8. The summed E-state index contributed by atoms with van der Waals surface area (Å²) in [7, 11) is 0. The van der Waals surface area contributed by atoms with Gasteiger partial charge >= 0.3 is 5.97 Å². The average molecular weight is 490 g/mol. The van der Waals surface area contributed by atoms with Gasteiger partial charge in [0.15, 0.2) is 0 Å². The number of aryl methyl sites for hydroxylation is 2. The second-order valence-corrected chi connectivity index (χ2v) is 9.85. The lowest BCUT2D eigenvalue weighted by atomic mass is 10.0. The first-order valence-corrected chi connectivity index (χ1v) is 12.4. The van der Waals surface area contributed by atoms with E-state index in [9.17, 15) is 14.7 Å². The van der Waals surface area contributed by atoms with Crippen LogP contribution in [-0.2, 0) is 17.6 Å². The number of rotatable bonds is 10. The van der Waals surface area contributed by atoms with E-state index in [1.54, 1.807) is 18.2 Å². The molecule has 6 nitrogen and oxygen atoms in total. The minimum Gasteiger partial charge on any atom is -0.480 e. The lowest BCUT2D eigenvalue weighted by Crippen LogP contribution is -2.41. The van der Waals surface area contributed by atoms with Crippen molar-refractivity contribution in [2.75, 3.05) is 11.9 Å². The number of unbranched alkanes of at least 4 members (excludes halogenated alkanes) is 1. The number of fused-ring (bicyclic) bond motifs is 1. The highest BCUT2D eigenvalue weighted by molar-refractivity contribution is 6.39. The van der Waals surface area contributed by atoms with Gasteiger partial charge in [-0.3, -0.25) is 4.79 Å². The fraction of sp³-hybridized carbons (Fsp3) is 0.480. The molecule has 2 aromatic rings. The third-order valence-electron chi connectivity index (χ3n) is 6.61. The van der Waals surface area contributed by atoms with E-state index in [1.807, 2.05) is 0 Å². The predicted molar refractivity (Wildman–Crippen MR) is 130 cm³/mol. The fourth-order valence-electron chi connectivity index (χ4n) is 4.64. The van der Waals surface area contributed by atoms with Crippen LogP contribution in [-0.4, -0.2) is 34.6 Å². The maximum absolute atomic E-state index is 12.6. The monoisotopic (exact) mass is 489 g/mol. The number of carboxylic acids is 1. The van der Waals surface area contributed by atoms with E-state index >= 15 is 0 Å². The number of hydrogen-bond acceptors (Lipinski definition) is 4. The van der Waals surface area contributed by atoms with Crippen LogP contribution in [0, 0.1) is 11.8 Å². The van der Waals surface area contributed by atoms with Gasteiger partial charge in [-0.2, -0.15) is 0 Å². The molecule has 0 saturated heterocycles. The molecule has 1 aliphatic heterocycles. The Kier molecular flexibility index (Phi) is 7.76. The van der Waals surface area contributed by atoms with Gasteiger partial charge < -0.3 is 15.7 Å². The molecule has 1 fully saturated rings. The van der Waals surface area contributed by atoms with Gasteiger partial charge in [-0.05, 0) is 74.1 Å². The molecule has 0 bridgehead atoms. The minimum atomic E-state index is -1.04. The molecule has 0 spiro atoms. The van der Waals surface area contributed by atoms with Gasteiger partial charge in [-0.25, -0.2) is 9.78 Å². The van der Waals surface area contributed by atoms with E-state index in [0.717, 1.165) is 63.0 Å². The van der Waals surface area contributed by atoms with Crippen molar-refractivity contribution in [3.05, 3.63) is 57.2 Å². The van der Waals surface area contributed by atoms with Crippen LogP contribution in [0.4, 0.5) is 5.82 Å². The van der Waals surface area contributed by atoms with Gasteiger partial charge in [-0.1, -0.05) is 48.2 Å². The van der Waals surface area contributed by atoms with Crippen molar-refractivity contribution < 1.29 is 14.7 Å². The first-order valence-electron chi connectivity index (χ1n) is 11.6. The Morgan fingerprint density at radius 2 is 1.94 bits per heavy atom. The third kappa shape index (κ3) is 6.18. The van der Waals surface area contributed by atoms with E-state index in [2.05, 4.69) is 22.8 Å². The Labute approximate surface area is 204 Å². The van der Waals surface area contributed by atoms with Crippen LogP contribution in [0.1, 0.15) is 60.1 Å². The Balaban J connectivity index is 1.21. The van der Waals surface area contributed by atoms with Crippen molar-refractivity contribution in [3.8, 4) is 0 Å². The number of carbonyl (C=O) groups is 2. The quantitative estimate of drug-likeness (QED) is 0.390. The summed E-state index contributed by atoms with van der Waals surface area (Å²) in [5.74, 6) is 0.289. The molecule has 1 amide bonds. The smallest absolute Gasteiger partial charge is 0.326 e. The Bertz CT molecular complexity index is 1010. The van der Waals surface area contributed by atoms with Crippen LogP contribution < -0.4 is 10.6 Å². The molecule has 4 rings (SSSR count). The summed E-state index contributed by atoms with van der Waals surface area (Å²) in [5, 5.41) is 16.0. The van der Waals surface area contributed by atoms with Crippen LogP contribution in [0.3, 0.4) is 0 Å². The zero-order valence-corrected chi connectivity index (χ0v) is 20.0. The number of nitrogens with one attached hydrogen (secondary N) is 2. The molecular formula is C25H29Cl2N3O3. The summed E-state index contributed by atoms with van der Waals surface area (Å²) in [5.41, 5.74) is 2.55. The number of nitrogens with zero attached hydrogens (tertiary/aromatic N) is 1. The van der Waals surface area contributed by atoms with Crippen molar-refractivity contribution >= 4 is 40.9 Å². The number of amides is 1. The topological polar surface area (TPSA) is 91.3 Å². The molecule has 1 aromatic heterocycles. The summed E-state index contributed by atoms with van der Waals surface area (Å²) in [6.07, 6.45) is 7.88. The lowest BCUT2D eigenvalue weighted by Gasteiger charge is -2.17. The SMILES string of the molecule is O=C(N[C@@H](CC1CC1CCCCc1ccc2c(n1)NCCC2)C(=O)O)c1c(Cl)cccc1Cl. The summed E-state index contributed by atoms with van der Waals surface area (Å²) in [4.78, 5) is 29.0. The van der Waals surface area contributed by atoms with Gasteiger partial charge in [0.2, 0.25) is 0 Å². The molecule has 0 radical (unpaired) electrons. The van der Waals surface area contributed by atoms with Gasteiger partial charge in [-0.15, -0.1) is 0 Å². The van der Waals surface area contributed by atoms with Gasteiger partial charge in [0.05, 0.1) is 15.6 Å². The molecule has 1 aliphatic carbocycles. The summed E-state index contributed by atoms with van der Waals surface area (Å²) in [6.45, 7) is 0.996. The van der Waals surface area contributed by atoms with Crippen LogP contribution >= 0.6 is 23.2 Å². The van der Waals surface area contributed by atoms with Crippen LogP contribution in [0.15, 0.2) is 30.3 Å². The molecule has 1 aromatic carbocycles. The van der Waals surface area contributed by atoms with Gasteiger partial charge in [0.1, 0.15) is 11.9 Å². The van der Waals surface area contributed by atoms with Crippen molar-refractivity contribution in [1.29, 1.82) is 0 Å². The highest BCUT2D eigenvalue weighted by Crippen LogP contribution is 2.45. The molecule has 2 unspecified atom stereocenters. The van der Waals surface area contributed by atoms with Crippen molar-refractivity contribution in [1.82, 2.24) is 10.3 Å². The number of carboxylic acid groups (broad SMARTS) is 1. The highest BCUT2D eigenvalue weighted by atomic mass is 35.5. The molecule has 1 saturated carbocycles. The second kappa shape index (κ2) is 10.7. The van der Waals surface area contributed by atoms with Crippen molar-refractivity contribution in [3.63, 3.8) is 0 Å². The number of halogens is 2. The number of aromatic nitrogens is 1. The lowest BCUT2D eigenvalue weighted by molar-refractivity contribution is -0.139. The van der Waals surface area contributed by atoms with E-state index in [4.69, 9.17) is 28.2 Å². The highest BCUT2D eigenvalue weighted by Gasteiger charge is 2.40. The predicted octanol–water partition coefficient (Wildman–Crippen LogP) is 5.37. The minimum absolute atomic E-state index is 0.116. The number of anilines is 1. The van der Waals surface area contributed by atoms with Crippen LogP contribution in [0.5, 0.6) is 0 Å². The van der Waals surface area contributed by atoms with Crippen molar-refractivity contribution in [2.24, 2.45) is 11.8 Å². The fourth-order valence-corrected chi connectivity index (χ4v) is 5.21. The van der Waals surface area contributed by atoms with Crippen LogP contribution in [0.2, 0.25) is 10.0 Å². The summed E-state index contributed by atoms with van der Waals surface area (Å²) >= 11 is 12.2. The molecule has 3 atom stereocenters. The average Bonchev–Trinajstić information content (AvgIpc) is 3.53. The van der Waals surface area contributed by atoms with E-state index < -0.39 is 17.9 Å².